The third kappa shape index (κ3) is 5.09. The van der Waals surface area contributed by atoms with Crippen molar-refractivity contribution in [3.8, 4) is 17.2 Å². The van der Waals surface area contributed by atoms with E-state index in [-0.39, 0.29) is 11.9 Å². The Morgan fingerprint density at radius 2 is 1.53 bits per heavy atom. The smallest absolute Gasteiger partial charge is 0.231 e. The zero-order chi connectivity index (χ0) is 25.8. The lowest BCUT2D eigenvalue weighted by molar-refractivity contribution is -0.114. The molecule has 4 rings (SSSR count). The molecule has 2 heterocycles. The van der Waals surface area contributed by atoms with Crippen molar-refractivity contribution < 1.29 is 19.0 Å². The van der Waals surface area contributed by atoms with Crippen LogP contribution in [0.25, 0.3) is 11.2 Å². The number of amides is 1. The summed E-state index contributed by atoms with van der Waals surface area (Å²) in [4.78, 5) is 25.3. The third-order valence-corrected chi connectivity index (χ3v) is 5.37. The first-order valence-electron chi connectivity index (χ1n) is 11.3. The minimum Gasteiger partial charge on any atom is -0.493 e. The molecule has 0 saturated carbocycles. The number of fused-ring (bicyclic) bond motifs is 1. The summed E-state index contributed by atoms with van der Waals surface area (Å²) in [6, 6.07) is 11.0. The number of nitrogens with zero attached hydrogens (tertiary/aromatic N) is 4. The molecule has 0 fully saturated rings. The molecule has 11 nitrogen and oxygen atoms in total. The average Bonchev–Trinajstić information content (AvgIpc) is 3.29. The average molecular weight is 492 g/mol. The van der Waals surface area contributed by atoms with Crippen molar-refractivity contribution in [2.45, 2.75) is 26.8 Å². The summed E-state index contributed by atoms with van der Waals surface area (Å²) in [5.41, 5.74) is 3.44. The van der Waals surface area contributed by atoms with Gasteiger partial charge in [-0.1, -0.05) is 0 Å². The molecule has 2 aromatic heterocycles. The fourth-order valence-corrected chi connectivity index (χ4v) is 3.70. The molecule has 188 valence electrons. The van der Waals surface area contributed by atoms with Gasteiger partial charge in [0.1, 0.15) is 0 Å². The fraction of sp³-hybridized carbons (Fsp3) is 0.280. The van der Waals surface area contributed by atoms with Crippen molar-refractivity contribution in [2.75, 3.05) is 37.3 Å². The van der Waals surface area contributed by atoms with Crippen LogP contribution in [0.4, 0.5) is 28.8 Å². The monoisotopic (exact) mass is 491 g/mol. The number of ether oxygens (including phenoxy) is 3. The number of nitrogens with one attached hydrogen (secondary N) is 3. The number of hydrogen-bond acceptors (Lipinski definition) is 9. The molecule has 2 aromatic carbocycles. The van der Waals surface area contributed by atoms with E-state index < -0.39 is 0 Å². The Balaban J connectivity index is 1.74. The first-order valence-corrected chi connectivity index (χ1v) is 11.3. The number of benzene rings is 2. The molecular formula is C25H29N7O4. The summed E-state index contributed by atoms with van der Waals surface area (Å²) in [5.74, 6) is 2.26. The maximum Gasteiger partial charge on any atom is 0.231 e. The lowest BCUT2D eigenvalue weighted by Crippen LogP contribution is -2.07. The van der Waals surface area contributed by atoms with Crippen LogP contribution >= 0.6 is 0 Å². The molecule has 1 amide bonds. The van der Waals surface area contributed by atoms with E-state index in [1.807, 2.05) is 28.8 Å². The van der Waals surface area contributed by atoms with Gasteiger partial charge < -0.3 is 34.7 Å². The minimum absolute atomic E-state index is 0.130. The van der Waals surface area contributed by atoms with Gasteiger partial charge in [-0.25, -0.2) is 4.98 Å². The van der Waals surface area contributed by atoms with Gasteiger partial charge >= 0.3 is 0 Å². The zero-order valence-corrected chi connectivity index (χ0v) is 21.0. The van der Waals surface area contributed by atoms with Crippen LogP contribution in [0.5, 0.6) is 17.2 Å². The zero-order valence-electron chi connectivity index (χ0n) is 21.0. The van der Waals surface area contributed by atoms with E-state index in [2.05, 4.69) is 34.8 Å². The van der Waals surface area contributed by atoms with Gasteiger partial charge in [-0.2, -0.15) is 9.97 Å². The molecule has 36 heavy (non-hydrogen) atoms. The Kier molecular flexibility index (Phi) is 7.09. The van der Waals surface area contributed by atoms with Crippen LogP contribution < -0.4 is 30.2 Å². The van der Waals surface area contributed by atoms with Crippen molar-refractivity contribution in [1.82, 2.24) is 19.5 Å². The third-order valence-electron chi connectivity index (χ3n) is 5.37. The van der Waals surface area contributed by atoms with E-state index in [1.54, 1.807) is 39.8 Å². The standard InChI is InChI=1S/C25H29N7O4/c1-14(2)32-13-26-21-23(28-17-9-7-16(8-10-17)27-15(3)33)30-25(31-24(21)32)29-18-11-19(34-4)22(36-6)20(12-18)35-5/h7-14H,1-6H3,(H,27,33)(H2,28,29,30,31). The molecule has 11 heteroatoms. The molecule has 4 aromatic rings. The molecule has 0 spiro atoms. The van der Waals surface area contributed by atoms with Gasteiger partial charge in [0.05, 0.1) is 27.7 Å². The first-order chi connectivity index (χ1) is 17.3. The highest BCUT2D eigenvalue weighted by molar-refractivity contribution is 5.90. The lowest BCUT2D eigenvalue weighted by atomic mass is 10.2. The summed E-state index contributed by atoms with van der Waals surface area (Å²) in [6.07, 6.45) is 1.75. The highest BCUT2D eigenvalue weighted by Gasteiger charge is 2.18. The van der Waals surface area contributed by atoms with Crippen molar-refractivity contribution in [1.29, 1.82) is 0 Å². The molecule has 0 radical (unpaired) electrons. The Labute approximate surface area is 208 Å². The van der Waals surface area contributed by atoms with Gasteiger partial charge in [-0.05, 0) is 38.1 Å². The highest BCUT2D eigenvalue weighted by atomic mass is 16.5. The highest BCUT2D eigenvalue weighted by Crippen LogP contribution is 2.40. The fourth-order valence-electron chi connectivity index (χ4n) is 3.70. The molecule has 0 aliphatic rings. The number of aromatic nitrogens is 4. The SMILES string of the molecule is COc1cc(Nc2nc(Nc3ccc(NC(C)=O)cc3)c3ncn(C(C)C)c3n2)cc(OC)c1OC. The van der Waals surface area contributed by atoms with Gasteiger partial charge in [0.25, 0.3) is 0 Å². The lowest BCUT2D eigenvalue weighted by Gasteiger charge is -2.15. The van der Waals surface area contributed by atoms with Gasteiger partial charge in [-0.15, -0.1) is 0 Å². The van der Waals surface area contributed by atoms with Gasteiger partial charge in [0.2, 0.25) is 17.6 Å². The Morgan fingerprint density at radius 3 is 2.08 bits per heavy atom. The molecule has 0 unspecified atom stereocenters. The van der Waals surface area contributed by atoms with E-state index in [1.165, 1.54) is 6.92 Å². The topological polar surface area (TPSA) is 124 Å². The maximum absolute atomic E-state index is 11.3. The van der Waals surface area contributed by atoms with E-state index in [9.17, 15) is 4.79 Å². The van der Waals surface area contributed by atoms with E-state index in [0.717, 1.165) is 5.69 Å². The normalized spacial score (nSPS) is 10.9. The molecular weight excluding hydrogens is 462 g/mol. The van der Waals surface area contributed by atoms with Crippen LogP contribution in [-0.2, 0) is 4.79 Å². The summed E-state index contributed by atoms with van der Waals surface area (Å²) < 4.78 is 18.3. The van der Waals surface area contributed by atoms with E-state index in [0.29, 0.717) is 51.6 Å². The quantitative estimate of drug-likeness (QED) is 0.300. The summed E-state index contributed by atoms with van der Waals surface area (Å²) in [5, 5.41) is 9.32. The van der Waals surface area contributed by atoms with E-state index in [4.69, 9.17) is 24.2 Å². The van der Waals surface area contributed by atoms with Gasteiger partial charge in [0, 0.05) is 42.2 Å². The predicted octanol–water partition coefficient (Wildman–Crippen LogP) is 4.88. The Hall–Kier alpha value is -4.54. The summed E-state index contributed by atoms with van der Waals surface area (Å²) in [6.45, 7) is 5.59. The predicted molar refractivity (Wildman–Crippen MR) is 139 cm³/mol. The number of anilines is 5. The number of imidazole rings is 1. The molecule has 3 N–H and O–H groups in total. The van der Waals surface area contributed by atoms with Crippen molar-refractivity contribution in [3.05, 3.63) is 42.7 Å². The molecule has 0 atom stereocenters. The molecule has 0 bridgehead atoms. The number of carbonyl (C=O) groups excluding carboxylic acids is 1. The largest absolute Gasteiger partial charge is 0.493 e. The van der Waals surface area contributed by atoms with Crippen LogP contribution in [0.2, 0.25) is 0 Å². The molecule has 0 aliphatic heterocycles. The second-order valence-electron chi connectivity index (χ2n) is 8.24. The minimum atomic E-state index is -0.130. The van der Waals surface area contributed by atoms with Crippen molar-refractivity contribution in [2.24, 2.45) is 0 Å². The van der Waals surface area contributed by atoms with Crippen LogP contribution in [0, 0.1) is 0 Å². The number of carbonyl (C=O) groups is 1. The van der Waals surface area contributed by atoms with Crippen LogP contribution in [0.3, 0.4) is 0 Å². The van der Waals surface area contributed by atoms with Crippen molar-refractivity contribution in [3.63, 3.8) is 0 Å². The number of methoxy groups -OCH3 is 3. The van der Waals surface area contributed by atoms with Gasteiger partial charge in [-0.3, -0.25) is 4.79 Å². The summed E-state index contributed by atoms with van der Waals surface area (Å²) in [7, 11) is 4.67. The Morgan fingerprint density at radius 1 is 0.889 bits per heavy atom. The van der Waals surface area contributed by atoms with E-state index >= 15 is 0 Å². The Bertz CT molecular complexity index is 1360. The van der Waals surface area contributed by atoms with Crippen LogP contribution in [0.1, 0.15) is 26.8 Å². The summed E-state index contributed by atoms with van der Waals surface area (Å²) >= 11 is 0. The second-order valence-corrected chi connectivity index (χ2v) is 8.24. The molecule has 0 saturated heterocycles. The first kappa shape index (κ1) is 24.6. The van der Waals surface area contributed by atoms with Crippen LogP contribution in [0.15, 0.2) is 42.7 Å². The second kappa shape index (κ2) is 10.4. The van der Waals surface area contributed by atoms with Crippen molar-refractivity contribution >= 4 is 45.9 Å². The molecule has 0 aliphatic carbocycles. The van der Waals surface area contributed by atoms with Gasteiger partial charge in [0.15, 0.2) is 28.5 Å². The number of rotatable bonds is 9. The number of hydrogen-bond donors (Lipinski definition) is 3. The van der Waals surface area contributed by atoms with Crippen LogP contribution in [-0.4, -0.2) is 46.8 Å². The maximum atomic E-state index is 11.3.